The van der Waals surface area contributed by atoms with Gasteiger partial charge in [-0.3, -0.25) is 0 Å². The molecule has 3 rings (SSSR count). The summed E-state index contributed by atoms with van der Waals surface area (Å²) in [7, 11) is 1.65. The van der Waals surface area contributed by atoms with E-state index in [1.807, 2.05) is 36.4 Å². The first-order valence-electron chi connectivity index (χ1n) is 6.60. The molecule has 2 aromatic carbocycles. The second-order valence-corrected chi connectivity index (χ2v) is 5.88. The molecule has 0 atom stereocenters. The first-order valence-corrected chi connectivity index (χ1v) is 7.96. The van der Waals surface area contributed by atoms with Gasteiger partial charge in [0.15, 0.2) is 0 Å². The number of rotatable bonds is 5. The van der Waals surface area contributed by atoms with Crippen molar-refractivity contribution in [1.29, 1.82) is 0 Å². The minimum Gasteiger partial charge on any atom is -0.497 e. The molecule has 0 fully saturated rings. The van der Waals surface area contributed by atoms with Gasteiger partial charge in [0.25, 0.3) is 5.22 Å². The van der Waals surface area contributed by atoms with Crippen molar-refractivity contribution in [2.24, 2.45) is 0 Å². The Hall–Kier alpha value is -1.98. The van der Waals surface area contributed by atoms with Crippen LogP contribution in [-0.4, -0.2) is 17.3 Å². The van der Waals surface area contributed by atoms with E-state index in [9.17, 15) is 0 Å². The van der Waals surface area contributed by atoms with Crippen LogP contribution in [0.1, 0.15) is 5.56 Å². The van der Waals surface area contributed by atoms with Crippen molar-refractivity contribution in [1.82, 2.24) is 10.2 Å². The van der Waals surface area contributed by atoms with Crippen LogP contribution < -0.4 is 4.74 Å². The Morgan fingerprint density at radius 3 is 2.68 bits per heavy atom. The van der Waals surface area contributed by atoms with E-state index < -0.39 is 0 Å². The summed E-state index contributed by atoms with van der Waals surface area (Å²) in [4.78, 5) is 0. The number of ether oxygens (including phenoxy) is 1. The molecule has 0 N–H and O–H groups in total. The zero-order chi connectivity index (χ0) is 15.4. The van der Waals surface area contributed by atoms with Gasteiger partial charge in [0.2, 0.25) is 5.89 Å². The zero-order valence-electron chi connectivity index (χ0n) is 11.8. The number of thioether (sulfide) groups is 1. The lowest BCUT2D eigenvalue weighted by molar-refractivity contribution is 0.414. The number of hydrogen-bond acceptors (Lipinski definition) is 5. The van der Waals surface area contributed by atoms with Gasteiger partial charge < -0.3 is 9.15 Å². The summed E-state index contributed by atoms with van der Waals surface area (Å²) in [6.45, 7) is 0. The molecule has 4 nitrogen and oxygen atoms in total. The number of benzene rings is 2. The Kier molecular flexibility index (Phi) is 4.65. The van der Waals surface area contributed by atoms with E-state index in [-0.39, 0.29) is 0 Å². The summed E-state index contributed by atoms with van der Waals surface area (Å²) < 4.78 is 10.8. The minimum absolute atomic E-state index is 0.472. The zero-order valence-corrected chi connectivity index (χ0v) is 13.4. The third kappa shape index (κ3) is 3.61. The van der Waals surface area contributed by atoms with Crippen LogP contribution in [0.5, 0.6) is 5.75 Å². The van der Waals surface area contributed by atoms with Crippen molar-refractivity contribution in [2.45, 2.75) is 11.0 Å². The number of nitrogens with zero attached hydrogens (tertiary/aromatic N) is 2. The predicted octanol–water partition coefficient (Wildman–Crippen LogP) is 4.69. The number of hydrogen-bond donors (Lipinski definition) is 0. The van der Waals surface area contributed by atoms with Gasteiger partial charge in [0, 0.05) is 16.3 Å². The van der Waals surface area contributed by atoms with Gasteiger partial charge >= 0.3 is 0 Å². The van der Waals surface area contributed by atoms with Crippen LogP contribution in [0.15, 0.2) is 58.2 Å². The van der Waals surface area contributed by atoms with Gasteiger partial charge in [-0.2, -0.15) is 0 Å². The van der Waals surface area contributed by atoms with Crippen LogP contribution >= 0.6 is 23.4 Å². The second kappa shape index (κ2) is 6.85. The molecule has 0 bridgehead atoms. The van der Waals surface area contributed by atoms with Gasteiger partial charge in [0.05, 0.1) is 7.11 Å². The molecule has 0 unspecified atom stereocenters. The standard InChI is InChI=1S/C16H13ClN2O2S/c1-20-14-7-5-11(6-8-14)10-22-16-19-18-15(21-16)12-3-2-4-13(17)9-12/h2-9H,10H2,1H3. The topological polar surface area (TPSA) is 48.2 Å². The number of halogens is 1. The van der Waals surface area contributed by atoms with Crippen LogP contribution in [0.4, 0.5) is 0 Å². The Labute approximate surface area is 137 Å². The smallest absolute Gasteiger partial charge is 0.277 e. The molecule has 0 spiro atoms. The molecule has 3 aromatic rings. The monoisotopic (exact) mass is 332 g/mol. The summed E-state index contributed by atoms with van der Waals surface area (Å²) in [5.74, 6) is 2.07. The molecule has 0 aliphatic carbocycles. The maximum Gasteiger partial charge on any atom is 0.277 e. The molecular weight excluding hydrogens is 320 g/mol. The van der Waals surface area contributed by atoms with E-state index in [0.29, 0.717) is 16.1 Å². The summed E-state index contributed by atoms with van der Waals surface area (Å²) in [5, 5.41) is 9.28. The Bertz CT molecular complexity index is 759. The van der Waals surface area contributed by atoms with Crippen LogP contribution in [-0.2, 0) is 5.75 Å². The maximum absolute atomic E-state index is 5.96. The second-order valence-electron chi connectivity index (χ2n) is 4.52. The van der Waals surface area contributed by atoms with Gasteiger partial charge in [-0.05, 0) is 35.9 Å². The normalized spacial score (nSPS) is 10.6. The van der Waals surface area contributed by atoms with Crippen molar-refractivity contribution in [3.8, 4) is 17.2 Å². The summed E-state index contributed by atoms with van der Waals surface area (Å²) >= 11 is 7.45. The quantitative estimate of drug-likeness (QED) is 0.634. The Morgan fingerprint density at radius 2 is 1.95 bits per heavy atom. The molecule has 0 aliphatic rings. The third-order valence-electron chi connectivity index (χ3n) is 3.00. The highest BCUT2D eigenvalue weighted by molar-refractivity contribution is 7.98. The average molecular weight is 333 g/mol. The van der Waals surface area contributed by atoms with Crippen molar-refractivity contribution in [3.63, 3.8) is 0 Å². The van der Waals surface area contributed by atoms with Crippen LogP contribution in [0.3, 0.4) is 0 Å². The Balaban J connectivity index is 1.66. The van der Waals surface area contributed by atoms with Crippen LogP contribution in [0.2, 0.25) is 5.02 Å². The SMILES string of the molecule is COc1ccc(CSc2nnc(-c3cccc(Cl)c3)o2)cc1. The van der Waals surface area contributed by atoms with Gasteiger partial charge in [-0.25, -0.2) is 0 Å². The molecule has 22 heavy (non-hydrogen) atoms. The van der Waals surface area contributed by atoms with Crippen molar-refractivity contribution < 1.29 is 9.15 Å². The fourth-order valence-electron chi connectivity index (χ4n) is 1.87. The highest BCUT2D eigenvalue weighted by Gasteiger charge is 2.09. The fraction of sp³-hybridized carbons (Fsp3) is 0.125. The molecule has 0 radical (unpaired) electrons. The van der Waals surface area contributed by atoms with E-state index >= 15 is 0 Å². The van der Waals surface area contributed by atoms with E-state index in [2.05, 4.69) is 10.2 Å². The Morgan fingerprint density at radius 1 is 1.14 bits per heavy atom. The highest BCUT2D eigenvalue weighted by atomic mass is 35.5. The summed E-state index contributed by atoms with van der Waals surface area (Å²) in [6.07, 6.45) is 0. The molecule has 0 aliphatic heterocycles. The minimum atomic E-state index is 0.472. The lowest BCUT2D eigenvalue weighted by Gasteiger charge is -2.01. The van der Waals surface area contributed by atoms with Crippen molar-refractivity contribution >= 4 is 23.4 Å². The van der Waals surface area contributed by atoms with E-state index in [1.165, 1.54) is 11.8 Å². The molecule has 0 amide bonds. The van der Waals surface area contributed by atoms with E-state index in [0.717, 1.165) is 22.6 Å². The summed E-state index contributed by atoms with van der Waals surface area (Å²) in [6, 6.07) is 15.2. The first kappa shape index (κ1) is 14.9. The lowest BCUT2D eigenvalue weighted by Crippen LogP contribution is -1.84. The molecule has 0 saturated carbocycles. The highest BCUT2D eigenvalue weighted by Crippen LogP contribution is 2.27. The molecular formula is C16H13ClN2O2S. The molecule has 112 valence electrons. The van der Waals surface area contributed by atoms with Crippen LogP contribution in [0, 0.1) is 0 Å². The number of methoxy groups -OCH3 is 1. The predicted molar refractivity (Wildman–Crippen MR) is 87.3 cm³/mol. The van der Waals surface area contributed by atoms with E-state index in [4.69, 9.17) is 20.8 Å². The molecule has 6 heteroatoms. The van der Waals surface area contributed by atoms with Gasteiger partial charge in [-0.15, -0.1) is 10.2 Å². The number of aromatic nitrogens is 2. The van der Waals surface area contributed by atoms with Crippen molar-refractivity contribution in [3.05, 3.63) is 59.1 Å². The molecule has 1 heterocycles. The third-order valence-corrected chi connectivity index (χ3v) is 4.12. The maximum atomic E-state index is 5.96. The van der Waals surface area contributed by atoms with Crippen molar-refractivity contribution in [2.75, 3.05) is 7.11 Å². The first-order chi connectivity index (χ1) is 10.7. The lowest BCUT2D eigenvalue weighted by atomic mass is 10.2. The molecule has 1 aromatic heterocycles. The van der Waals surface area contributed by atoms with Crippen LogP contribution in [0.25, 0.3) is 11.5 Å². The van der Waals surface area contributed by atoms with Gasteiger partial charge in [0.1, 0.15) is 5.75 Å². The molecule has 0 saturated heterocycles. The fourth-order valence-corrected chi connectivity index (χ4v) is 2.78. The largest absolute Gasteiger partial charge is 0.497 e. The van der Waals surface area contributed by atoms with Gasteiger partial charge in [-0.1, -0.05) is 41.6 Å². The van der Waals surface area contributed by atoms with E-state index in [1.54, 1.807) is 19.2 Å². The average Bonchev–Trinajstić information content (AvgIpc) is 3.02. The summed E-state index contributed by atoms with van der Waals surface area (Å²) in [5.41, 5.74) is 1.98.